The summed E-state index contributed by atoms with van der Waals surface area (Å²) in [6, 6.07) is 1.99. The topological polar surface area (TPSA) is 29.5 Å². The summed E-state index contributed by atoms with van der Waals surface area (Å²) < 4.78 is 40.0. The van der Waals surface area contributed by atoms with Crippen molar-refractivity contribution in [3.63, 3.8) is 0 Å². The number of alkyl halides is 3. The molecule has 1 aromatic rings. The Morgan fingerprint density at radius 3 is 3.00 bits per heavy atom. The summed E-state index contributed by atoms with van der Waals surface area (Å²) in [5, 5.41) is 1.99. The number of thiophene rings is 1. The number of hydrogen-bond acceptors (Lipinski definition) is 3. The van der Waals surface area contributed by atoms with E-state index in [2.05, 4.69) is 4.74 Å². The fraction of sp³-hybridized carbons (Fsp3) is 0.583. The Morgan fingerprint density at radius 2 is 2.26 bits per heavy atom. The summed E-state index contributed by atoms with van der Waals surface area (Å²) in [4.78, 5) is 14.8. The van der Waals surface area contributed by atoms with Gasteiger partial charge in [0.2, 0.25) is 5.91 Å². The lowest BCUT2D eigenvalue weighted by Crippen LogP contribution is -2.36. The molecule has 0 aromatic carbocycles. The van der Waals surface area contributed by atoms with Crippen molar-refractivity contribution in [2.24, 2.45) is 0 Å². The Morgan fingerprint density at radius 1 is 1.47 bits per heavy atom. The third kappa shape index (κ3) is 4.21. The first kappa shape index (κ1) is 14.3. The van der Waals surface area contributed by atoms with Crippen LogP contribution in [0.15, 0.2) is 11.4 Å². The molecule has 19 heavy (non-hydrogen) atoms. The van der Waals surface area contributed by atoms with E-state index < -0.39 is 12.8 Å². The van der Waals surface area contributed by atoms with Gasteiger partial charge in [-0.25, -0.2) is 0 Å². The molecule has 2 heterocycles. The summed E-state index contributed by atoms with van der Waals surface area (Å²) in [5.74, 6) is -0.154. The molecule has 3 nitrogen and oxygen atoms in total. The van der Waals surface area contributed by atoms with Gasteiger partial charge in [-0.3, -0.25) is 4.79 Å². The van der Waals surface area contributed by atoms with Gasteiger partial charge in [0.25, 0.3) is 0 Å². The maximum atomic E-state index is 11.8. The normalized spacial score (nSPS) is 15.4. The number of rotatable bonds is 4. The van der Waals surface area contributed by atoms with Crippen LogP contribution in [0.3, 0.4) is 0 Å². The predicted molar refractivity (Wildman–Crippen MR) is 64.9 cm³/mol. The van der Waals surface area contributed by atoms with Crippen LogP contribution in [0.5, 0.6) is 0 Å². The van der Waals surface area contributed by atoms with E-state index in [0.717, 1.165) is 12.0 Å². The van der Waals surface area contributed by atoms with E-state index in [9.17, 15) is 18.0 Å². The largest absolute Gasteiger partial charge is 0.411 e. The zero-order valence-corrected chi connectivity index (χ0v) is 11.0. The molecule has 1 aliphatic heterocycles. The molecule has 1 aromatic heterocycles. The minimum Gasteiger partial charge on any atom is -0.372 e. The SMILES string of the molecule is O=C(CCOCC(F)(F)F)N1CCc2sccc2C1. The highest BCUT2D eigenvalue weighted by Gasteiger charge is 2.27. The zero-order chi connectivity index (χ0) is 13.9. The second kappa shape index (κ2) is 5.92. The highest BCUT2D eigenvalue weighted by Crippen LogP contribution is 2.24. The van der Waals surface area contributed by atoms with Crippen LogP contribution in [-0.2, 0) is 22.5 Å². The molecule has 0 saturated heterocycles. The highest BCUT2D eigenvalue weighted by atomic mass is 32.1. The smallest absolute Gasteiger partial charge is 0.372 e. The minimum absolute atomic E-state index is 0.00441. The van der Waals surface area contributed by atoms with E-state index in [1.807, 2.05) is 11.4 Å². The molecular formula is C12H14F3NO2S. The van der Waals surface area contributed by atoms with E-state index in [-0.39, 0.29) is 18.9 Å². The molecule has 0 aliphatic carbocycles. The first-order valence-corrected chi connectivity index (χ1v) is 6.81. The van der Waals surface area contributed by atoms with Crippen molar-refractivity contribution in [3.8, 4) is 0 Å². The van der Waals surface area contributed by atoms with Gasteiger partial charge in [0.05, 0.1) is 13.0 Å². The van der Waals surface area contributed by atoms with Crippen molar-refractivity contribution in [2.75, 3.05) is 19.8 Å². The molecule has 1 amide bonds. The quantitative estimate of drug-likeness (QED) is 0.799. The van der Waals surface area contributed by atoms with Gasteiger partial charge in [0, 0.05) is 18.0 Å². The summed E-state index contributed by atoms with van der Waals surface area (Å²) in [7, 11) is 0. The number of carbonyl (C=O) groups is 1. The molecular weight excluding hydrogens is 279 g/mol. The van der Waals surface area contributed by atoms with Crippen molar-refractivity contribution in [1.82, 2.24) is 4.90 Å². The molecule has 0 saturated carbocycles. The zero-order valence-electron chi connectivity index (χ0n) is 10.2. The van der Waals surface area contributed by atoms with Crippen molar-refractivity contribution in [2.45, 2.75) is 25.6 Å². The molecule has 0 unspecified atom stereocenters. The molecule has 0 radical (unpaired) electrons. The van der Waals surface area contributed by atoms with Crippen LogP contribution in [-0.4, -0.2) is 36.7 Å². The van der Waals surface area contributed by atoms with Gasteiger partial charge in [0.15, 0.2) is 0 Å². The molecule has 0 N–H and O–H groups in total. The first-order valence-electron chi connectivity index (χ1n) is 5.93. The summed E-state index contributed by atoms with van der Waals surface area (Å²) in [6.45, 7) is -0.303. The van der Waals surface area contributed by atoms with Gasteiger partial charge in [-0.1, -0.05) is 0 Å². The Kier molecular flexibility index (Phi) is 4.46. The second-order valence-electron chi connectivity index (χ2n) is 4.35. The number of nitrogens with zero attached hydrogens (tertiary/aromatic N) is 1. The Labute approximate surface area is 113 Å². The highest BCUT2D eigenvalue weighted by molar-refractivity contribution is 7.10. The van der Waals surface area contributed by atoms with Crippen LogP contribution in [0, 0.1) is 0 Å². The number of halogens is 3. The van der Waals surface area contributed by atoms with Crippen LogP contribution >= 0.6 is 11.3 Å². The number of fused-ring (bicyclic) bond motifs is 1. The summed E-state index contributed by atoms with van der Waals surface area (Å²) in [6.07, 6.45) is -3.52. The summed E-state index contributed by atoms with van der Waals surface area (Å²) >= 11 is 1.68. The van der Waals surface area contributed by atoms with Crippen LogP contribution in [0.2, 0.25) is 0 Å². The van der Waals surface area contributed by atoms with Gasteiger partial charge in [-0.05, 0) is 23.4 Å². The fourth-order valence-corrected chi connectivity index (χ4v) is 2.86. The van der Waals surface area contributed by atoms with Gasteiger partial charge >= 0.3 is 6.18 Å². The Bertz CT molecular complexity index is 444. The Hall–Kier alpha value is -1.08. The van der Waals surface area contributed by atoms with E-state index >= 15 is 0 Å². The van der Waals surface area contributed by atoms with Crippen LogP contribution < -0.4 is 0 Å². The first-order chi connectivity index (χ1) is 8.96. The maximum Gasteiger partial charge on any atom is 0.411 e. The van der Waals surface area contributed by atoms with E-state index in [4.69, 9.17) is 0 Å². The minimum atomic E-state index is -4.33. The lowest BCUT2D eigenvalue weighted by molar-refractivity contribution is -0.175. The van der Waals surface area contributed by atoms with Crippen molar-refractivity contribution in [3.05, 3.63) is 21.9 Å². The molecule has 0 fully saturated rings. The van der Waals surface area contributed by atoms with Crippen molar-refractivity contribution in [1.29, 1.82) is 0 Å². The molecule has 1 aliphatic rings. The molecule has 2 rings (SSSR count). The lowest BCUT2D eigenvalue weighted by Gasteiger charge is -2.27. The van der Waals surface area contributed by atoms with Crippen LogP contribution in [0.4, 0.5) is 13.2 Å². The lowest BCUT2D eigenvalue weighted by atomic mass is 10.1. The second-order valence-corrected chi connectivity index (χ2v) is 5.35. The average Bonchev–Trinajstić information content (AvgIpc) is 2.80. The third-order valence-corrected chi connectivity index (χ3v) is 3.91. The van der Waals surface area contributed by atoms with Gasteiger partial charge in [-0.15, -0.1) is 11.3 Å². The number of ether oxygens (including phenoxy) is 1. The van der Waals surface area contributed by atoms with Gasteiger partial charge in [0.1, 0.15) is 6.61 Å². The molecule has 7 heteroatoms. The summed E-state index contributed by atoms with van der Waals surface area (Å²) in [5.41, 5.74) is 1.14. The monoisotopic (exact) mass is 293 g/mol. The van der Waals surface area contributed by atoms with Crippen molar-refractivity contribution >= 4 is 17.2 Å². The molecule has 0 spiro atoms. The molecule has 0 bridgehead atoms. The van der Waals surface area contributed by atoms with Gasteiger partial charge < -0.3 is 9.64 Å². The standard InChI is InChI=1S/C12H14F3NO2S/c13-12(14,15)8-18-5-2-11(17)16-4-1-10-9(7-16)3-6-19-10/h3,6H,1-2,4-5,7-8H2. The van der Waals surface area contributed by atoms with Crippen LogP contribution in [0.1, 0.15) is 16.9 Å². The van der Waals surface area contributed by atoms with Gasteiger partial charge in [-0.2, -0.15) is 13.2 Å². The molecule has 106 valence electrons. The van der Waals surface area contributed by atoms with E-state index in [1.165, 1.54) is 4.88 Å². The number of amides is 1. The predicted octanol–water partition coefficient (Wildman–Crippen LogP) is 2.60. The van der Waals surface area contributed by atoms with Crippen LogP contribution in [0.25, 0.3) is 0 Å². The van der Waals surface area contributed by atoms with E-state index in [1.54, 1.807) is 16.2 Å². The Balaban J connectivity index is 1.73. The number of carbonyl (C=O) groups excluding carboxylic acids is 1. The van der Waals surface area contributed by atoms with Crippen molar-refractivity contribution < 1.29 is 22.7 Å². The molecule has 0 atom stereocenters. The fourth-order valence-electron chi connectivity index (χ4n) is 1.97. The maximum absolute atomic E-state index is 11.8. The number of hydrogen-bond donors (Lipinski definition) is 0. The average molecular weight is 293 g/mol. The third-order valence-electron chi connectivity index (χ3n) is 2.89. The van der Waals surface area contributed by atoms with E-state index in [0.29, 0.717) is 13.1 Å².